The summed E-state index contributed by atoms with van der Waals surface area (Å²) >= 11 is 0. The number of hydrogen-bond donors (Lipinski definition) is 1. The van der Waals surface area contributed by atoms with Gasteiger partial charge in [0.15, 0.2) is 5.90 Å². The van der Waals surface area contributed by atoms with E-state index in [4.69, 9.17) is 9.73 Å². The van der Waals surface area contributed by atoms with E-state index in [0.717, 1.165) is 27.8 Å². The Morgan fingerprint density at radius 1 is 0.846 bits per heavy atom. The maximum absolute atomic E-state index is 11.7. The van der Waals surface area contributed by atoms with Crippen molar-refractivity contribution in [3.63, 3.8) is 0 Å². The van der Waals surface area contributed by atoms with Gasteiger partial charge in [0.25, 0.3) is 0 Å². The smallest absolute Gasteiger partial charge is 0.187 e. The highest BCUT2D eigenvalue weighted by Gasteiger charge is 2.43. The first-order valence-corrected chi connectivity index (χ1v) is 8.92. The normalized spacial score (nSPS) is 19.4. The first kappa shape index (κ1) is 15.4. The molecule has 3 aromatic rings. The van der Waals surface area contributed by atoms with Gasteiger partial charge in [0.1, 0.15) is 18.2 Å². The van der Waals surface area contributed by atoms with Crippen LogP contribution in [0.15, 0.2) is 83.9 Å². The first-order valence-electron chi connectivity index (χ1n) is 8.92. The van der Waals surface area contributed by atoms with Crippen LogP contribution < -0.4 is 0 Å². The van der Waals surface area contributed by atoms with E-state index in [0.29, 0.717) is 18.9 Å². The van der Waals surface area contributed by atoms with Crippen molar-refractivity contribution in [2.75, 3.05) is 6.61 Å². The van der Waals surface area contributed by atoms with Crippen molar-refractivity contribution in [1.82, 2.24) is 0 Å². The lowest BCUT2D eigenvalue weighted by Gasteiger charge is -2.25. The lowest BCUT2D eigenvalue weighted by molar-refractivity contribution is 0.0875. The Hall–Kier alpha value is -2.91. The third-order valence-electron chi connectivity index (χ3n) is 5.33. The number of rotatable bonds is 3. The summed E-state index contributed by atoms with van der Waals surface area (Å²) in [5, 5.41) is 11.7. The molecule has 0 radical (unpaired) electrons. The average molecular weight is 341 g/mol. The van der Waals surface area contributed by atoms with Crippen molar-refractivity contribution in [2.24, 2.45) is 4.99 Å². The molecule has 0 saturated carbocycles. The molecule has 0 spiro atoms. The van der Waals surface area contributed by atoms with Crippen LogP contribution in [0.5, 0.6) is 0 Å². The largest absolute Gasteiger partial charge is 0.478 e. The van der Waals surface area contributed by atoms with Gasteiger partial charge in [-0.3, -0.25) is 0 Å². The van der Waals surface area contributed by atoms with Gasteiger partial charge in [0.05, 0.1) is 6.42 Å². The second kappa shape index (κ2) is 5.82. The summed E-state index contributed by atoms with van der Waals surface area (Å²) in [4.78, 5) is 4.75. The summed E-state index contributed by atoms with van der Waals surface area (Å²) < 4.78 is 5.87. The molecule has 128 valence electrons. The molecule has 3 heteroatoms. The highest BCUT2D eigenvalue weighted by atomic mass is 16.5. The van der Waals surface area contributed by atoms with E-state index in [-0.39, 0.29) is 6.04 Å². The zero-order valence-electron chi connectivity index (χ0n) is 14.3. The molecule has 0 fully saturated rings. The highest BCUT2D eigenvalue weighted by molar-refractivity contribution is 5.86. The van der Waals surface area contributed by atoms with Gasteiger partial charge >= 0.3 is 0 Å². The summed E-state index contributed by atoms with van der Waals surface area (Å²) in [5.41, 5.74) is 4.07. The molecule has 1 aliphatic heterocycles. The van der Waals surface area contributed by atoms with Crippen LogP contribution in [0.1, 0.15) is 29.2 Å². The number of hydrogen-bond acceptors (Lipinski definition) is 3. The number of ether oxygens (including phenoxy) is 1. The molecule has 0 aromatic heterocycles. The lowest BCUT2D eigenvalue weighted by Crippen LogP contribution is -2.28. The van der Waals surface area contributed by atoms with Gasteiger partial charge in [-0.2, -0.15) is 0 Å². The van der Waals surface area contributed by atoms with Gasteiger partial charge in [-0.25, -0.2) is 4.99 Å². The monoisotopic (exact) mass is 341 g/mol. The Bertz CT molecular complexity index is 948. The van der Waals surface area contributed by atoms with Gasteiger partial charge < -0.3 is 9.84 Å². The van der Waals surface area contributed by atoms with Crippen molar-refractivity contribution in [3.8, 4) is 11.1 Å². The van der Waals surface area contributed by atoms with E-state index in [1.807, 2.05) is 54.6 Å². The summed E-state index contributed by atoms with van der Waals surface area (Å²) in [6.07, 6.45) is 0.352. The van der Waals surface area contributed by atoms with Gasteiger partial charge in [-0.1, -0.05) is 78.9 Å². The van der Waals surface area contributed by atoms with Crippen LogP contribution in [0.4, 0.5) is 0 Å². The third-order valence-corrected chi connectivity index (χ3v) is 5.33. The van der Waals surface area contributed by atoms with Crippen molar-refractivity contribution in [3.05, 3.63) is 95.6 Å². The Labute approximate surface area is 152 Å². The maximum Gasteiger partial charge on any atom is 0.187 e. The molecule has 1 aliphatic carbocycles. The second-order valence-electron chi connectivity index (χ2n) is 6.89. The third kappa shape index (κ3) is 2.28. The van der Waals surface area contributed by atoms with E-state index in [1.165, 1.54) is 0 Å². The van der Waals surface area contributed by atoms with Gasteiger partial charge in [0.2, 0.25) is 0 Å². The number of aliphatic hydroxyl groups is 1. The molecule has 3 nitrogen and oxygen atoms in total. The Morgan fingerprint density at radius 2 is 1.42 bits per heavy atom. The molecular weight excluding hydrogens is 322 g/mol. The fourth-order valence-electron chi connectivity index (χ4n) is 4.08. The maximum atomic E-state index is 11.7. The summed E-state index contributed by atoms with van der Waals surface area (Å²) in [6, 6.07) is 26.3. The predicted molar refractivity (Wildman–Crippen MR) is 102 cm³/mol. The van der Waals surface area contributed by atoms with E-state index < -0.39 is 5.60 Å². The van der Waals surface area contributed by atoms with E-state index >= 15 is 0 Å². The van der Waals surface area contributed by atoms with Crippen molar-refractivity contribution in [1.29, 1.82) is 0 Å². The number of benzene rings is 3. The Balaban J connectivity index is 1.53. The van der Waals surface area contributed by atoms with Crippen LogP contribution >= 0.6 is 0 Å². The summed E-state index contributed by atoms with van der Waals surface area (Å²) in [6.45, 7) is 0.527. The fourth-order valence-corrected chi connectivity index (χ4v) is 4.08. The number of nitrogens with zero attached hydrogens (tertiary/aromatic N) is 1. The molecule has 0 unspecified atom stereocenters. The Morgan fingerprint density at radius 3 is 2.08 bits per heavy atom. The van der Waals surface area contributed by atoms with Gasteiger partial charge in [0, 0.05) is 0 Å². The zero-order chi connectivity index (χ0) is 17.6. The first-order chi connectivity index (χ1) is 12.8. The second-order valence-corrected chi connectivity index (χ2v) is 6.89. The molecule has 5 rings (SSSR count). The van der Waals surface area contributed by atoms with E-state index in [2.05, 4.69) is 24.3 Å². The van der Waals surface area contributed by atoms with Crippen molar-refractivity contribution < 1.29 is 9.84 Å². The van der Waals surface area contributed by atoms with E-state index in [9.17, 15) is 5.11 Å². The van der Waals surface area contributed by atoms with Crippen LogP contribution in [-0.4, -0.2) is 17.6 Å². The van der Waals surface area contributed by atoms with Crippen LogP contribution in [0, 0.1) is 0 Å². The van der Waals surface area contributed by atoms with E-state index in [1.54, 1.807) is 0 Å². The minimum absolute atomic E-state index is 0.00157. The standard InChI is InChI=1S/C23H19NO2/c25-23(14-22-24-21(15-26-22)16-8-2-1-3-9-16)19-12-6-4-10-17(19)18-11-5-7-13-20(18)23/h1-13,21,25H,14-15H2/t21-/m0/s1. The van der Waals surface area contributed by atoms with Crippen LogP contribution in [0.2, 0.25) is 0 Å². The molecule has 1 atom stereocenters. The average Bonchev–Trinajstić information content (AvgIpc) is 3.25. The minimum atomic E-state index is -1.10. The number of fused-ring (bicyclic) bond motifs is 3. The molecule has 3 aromatic carbocycles. The molecule has 26 heavy (non-hydrogen) atoms. The lowest BCUT2D eigenvalue weighted by atomic mass is 9.88. The zero-order valence-corrected chi connectivity index (χ0v) is 14.3. The molecule has 0 amide bonds. The van der Waals surface area contributed by atoms with Gasteiger partial charge in [-0.05, 0) is 27.8 Å². The summed E-state index contributed by atoms with van der Waals surface area (Å²) in [7, 11) is 0. The predicted octanol–water partition coefficient (Wildman–Crippen LogP) is 4.46. The van der Waals surface area contributed by atoms with Crippen LogP contribution in [-0.2, 0) is 10.3 Å². The Kier molecular flexibility index (Phi) is 3.44. The van der Waals surface area contributed by atoms with Gasteiger partial charge in [-0.15, -0.1) is 0 Å². The van der Waals surface area contributed by atoms with Crippen molar-refractivity contribution >= 4 is 5.90 Å². The molecule has 1 heterocycles. The molecule has 2 aliphatic rings. The molecular formula is C23H19NO2. The molecule has 0 saturated heterocycles. The van der Waals surface area contributed by atoms with Crippen LogP contribution in [0.25, 0.3) is 11.1 Å². The molecule has 1 N–H and O–H groups in total. The minimum Gasteiger partial charge on any atom is -0.478 e. The quantitative estimate of drug-likeness (QED) is 0.764. The topological polar surface area (TPSA) is 41.8 Å². The number of aliphatic imine (C=N–C) groups is 1. The fraction of sp³-hybridized carbons (Fsp3) is 0.174. The SMILES string of the molecule is OC1(CC2=N[C@H](c3ccccc3)CO2)c2ccccc2-c2ccccc21. The highest BCUT2D eigenvalue weighted by Crippen LogP contribution is 2.49. The van der Waals surface area contributed by atoms with Crippen LogP contribution in [0.3, 0.4) is 0 Å². The van der Waals surface area contributed by atoms with Crippen molar-refractivity contribution in [2.45, 2.75) is 18.1 Å². The summed E-state index contributed by atoms with van der Waals surface area (Å²) in [5.74, 6) is 0.618. The molecule has 0 bridgehead atoms.